The summed E-state index contributed by atoms with van der Waals surface area (Å²) in [5, 5.41) is 0. The van der Waals surface area contributed by atoms with Gasteiger partial charge in [0, 0.05) is 14.0 Å². The molecular formula is C11H25ClSi. The Labute approximate surface area is 90.1 Å². The van der Waals surface area contributed by atoms with Crippen molar-refractivity contribution in [2.45, 2.75) is 58.3 Å². The van der Waals surface area contributed by atoms with Gasteiger partial charge < -0.3 is 0 Å². The molecule has 0 heterocycles. The highest BCUT2D eigenvalue weighted by Crippen LogP contribution is 2.24. The summed E-state index contributed by atoms with van der Waals surface area (Å²) in [7, 11) is -0.834. The highest BCUT2D eigenvalue weighted by Gasteiger charge is 2.18. The van der Waals surface area contributed by atoms with Crippen LogP contribution in [0.1, 0.15) is 32.6 Å². The second-order valence-corrected chi connectivity index (χ2v) is 11.1. The van der Waals surface area contributed by atoms with Crippen molar-refractivity contribution in [1.29, 1.82) is 0 Å². The van der Waals surface area contributed by atoms with Gasteiger partial charge in [-0.05, 0) is 12.3 Å². The molecule has 0 fully saturated rings. The van der Waals surface area contributed by atoms with Crippen LogP contribution >= 0.6 is 11.6 Å². The lowest BCUT2D eigenvalue weighted by molar-refractivity contribution is 0.487. The molecule has 0 aromatic heterocycles. The summed E-state index contributed by atoms with van der Waals surface area (Å²) in [6.45, 7) is 9.73. The molecule has 0 aliphatic heterocycles. The maximum Gasteiger partial charge on any atom is 0.0445 e. The molecule has 1 unspecified atom stereocenters. The van der Waals surface area contributed by atoms with E-state index in [1.165, 1.54) is 31.7 Å². The van der Waals surface area contributed by atoms with E-state index >= 15 is 0 Å². The molecule has 2 heteroatoms. The molecule has 0 saturated carbocycles. The van der Waals surface area contributed by atoms with Crippen LogP contribution in [0.3, 0.4) is 0 Å². The van der Waals surface area contributed by atoms with Crippen LogP contribution in [0.2, 0.25) is 25.7 Å². The highest BCUT2D eigenvalue weighted by molar-refractivity contribution is 6.76. The predicted octanol–water partition coefficient (Wildman–Crippen LogP) is 4.76. The van der Waals surface area contributed by atoms with Gasteiger partial charge in [-0.15, -0.1) is 11.6 Å². The first kappa shape index (κ1) is 13.5. The molecule has 0 N–H and O–H groups in total. The van der Waals surface area contributed by atoms with E-state index in [0.29, 0.717) is 0 Å². The molecule has 0 aromatic rings. The maximum atomic E-state index is 5.67. The van der Waals surface area contributed by atoms with Crippen molar-refractivity contribution in [2.24, 2.45) is 5.92 Å². The first-order valence-electron chi connectivity index (χ1n) is 5.55. The van der Waals surface area contributed by atoms with Gasteiger partial charge in [-0.2, -0.15) is 0 Å². The fraction of sp³-hybridized carbons (Fsp3) is 1.00. The van der Waals surface area contributed by atoms with Crippen LogP contribution in [0.15, 0.2) is 0 Å². The fourth-order valence-electron chi connectivity index (χ4n) is 1.84. The Morgan fingerprint density at radius 2 is 1.77 bits per heavy atom. The lowest BCUT2D eigenvalue weighted by atomic mass is 10.0. The molecule has 1 atom stereocenters. The summed E-state index contributed by atoms with van der Waals surface area (Å²) >= 11 is 5.67. The average molecular weight is 221 g/mol. The maximum absolute atomic E-state index is 5.67. The van der Waals surface area contributed by atoms with Gasteiger partial charge in [0.1, 0.15) is 0 Å². The number of hydrogen-bond donors (Lipinski definition) is 0. The number of alkyl halides is 1. The van der Waals surface area contributed by atoms with E-state index in [1.807, 2.05) is 0 Å². The molecule has 13 heavy (non-hydrogen) atoms. The van der Waals surface area contributed by atoms with Crippen molar-refractivity contribution < 1.29 is 0 Å². The van der Waals surface area contributed by atoms with Gasteiger partial charge in [-0.3, -0.25) is 0 Å². The molecule has 0 aromatic carbocycles. The lowest BCUT2D eigenvalue weighted by Crippen LogP contribution is -2.23. The Morgan fingerprint density at radius 3 is 2.15 bits per heavy atom. The van der Waals surface area contributed by atoms with Crippen molar-refractivity contribution in [2.75, 3.05) is 5.88 Å². The van der Waals surface area contributed by atoms with Crippen LogP contribution in [-0.4, -0.2) is 14.0 Å². The molecule has 0 rings (SSSR count). The zero-order valence-electron chi connectivity index (χ0n) is 9.70. The minimum atomic E-state index is -0.834. The normalized spacial score (nSPS) is 14.5. The quantitative estimate of drug-likeness (QED) is 0.330. The third kappa shape index (κ3) is 8.83. The van der Waals surface area contributed by atoms with Crippen LogP contribution in [0.4, 0.5) is 0 Å². The number of unbranched alkanes of at least 4 members (excludes halogenated alkanes) is 1. The summed E-state index contributed by atoms with van der Waals surface area (Å²) in [6.07, 6.45) is 5.27. The van der Waals surface area contributed by atoms with Crippen LogP contribution < -0.4 is 0 Å². The Morgan fingerprint density at radius 1 is 1.15 bits per heavy atom. The first-order chi connectivity index (χ1) is 5.99. The molecule has 0 amide bonds. The third-order valence-corrected chi connectivity index (χ3v) is 4.54. The summed E-state index contributed by atoms with van der Waals surface area (Å²) in [4.78, 5) is 0. The van der Waals surface area contributed by atoms with E-state index in [0.717, 1.165) is 11.8 Å². The van der Waals surface area contributed by atoms with E-state index in [4.69, 9.17) is 11.6 Å². The number of halogens is 1. The van der Waals surface area contributed by atoms with Gasteiger partial charge in [-0.1, -0.05) is 51.9 Å². The van der Waals surface area contributed by atoms with Gasteiger partial charge in [0.2, 0.25) is 0 Å². The van der Waals surface area contributed by atoms with Gasteiger partial charge in [0.15, 0.2) is 0 Å². The van der Waals surface area contributed by atoms with Gasteiger partial charge in [0.25, 0.3) is 0 Å². The molecule has 80 valence electrons. The smallest absolute Gasteiger partial charge is 0.0445 e. The Bertz CT molecular complexity index is 118. The SMILES string of the molecule is CCC(CCCCCl)C[Si](C)(C)C. The monoisotopic (exact) mass is 220 g/mol. The zero-order valence-corrected chi connectivity index (χ0v) is 11.5. The molecule has 0 nitrogen and oxygen atoms in total. The van der Waals surface area contributed by atoms with Gasteiger partial charge in [-0.25, -0.2) is 0 Å². The Hall–Kier alpha value is 0.507. The molecule has 0 saturated heterocycles. The number of hydrogen-bond acceptors (Lipinski definition) is 0. The van der Waals surface area contributed by atoms with E-state index in [1.54, 1.807) is 0 Å². The van der Waals surface area contributed by atoms with Crippen LogP contribution in [-0.2, 0) is 0 Å². The van der Waals surface area contributed by atoms with Crippen molar-refractivity contribution in [1.82, 2.24) is 0 Å². The second kappa shape index (κ2) is 6.89. The van der Waals surface area contributed by atoms with Crippen LogP contribution in [0.5, 0.6) is 0 Å². The average Bonchev–Trinajstić information content (AvgIpc) is 2.01. The van der Waals surface area contributed by atoms with Crippen molar-refractivity contribution in [3.63, 3.8) is 0 Å². The minimum absolute atomic E-state index is 0.834. The summed E-state index contributed by atoms with van der Waals surface area (Å²) in [6, 6.07) is 1.49. The van der Waals surface area contributed by atoms with E-state index < -0.39 is 8.07 Å². The van der Waals surface area contributed by atoms with E-state index in [9.17, 15) is 0 Å². The summed E-state index contributed by atoms with van der Waals surface area (Å²) in [5.74, 6) is 1.80. The molecule has 0 bridgehead atoms. The largest absolute Gasteiger partial charge is 0.127 e. The van der Waals surface area contributed by atoms with E-state index in [-0.39, 0.29) is 0 Å². The Kier molecular flexibility index (Phi) is 7.16. The number of rotatable bonds is 7. The fourth-order valence-corrected chi connectivity index (χ4v) is 4.26. The van der Waals surface area contributed by atoms with Gasteiger partial charge >= 0.3 is 0 Å². The lowest BCUT2D eigenvalue weighted by Gasteiger charge is -2.23. The third-order valence-electron chi connectivity index (χ3n) is 2.47. The van der Waals surface area contributed by atoms with E-state index in [2.05, 4.69) is 26.6 Å². The standard InChI is InChI=1S/C11H25ClSi/c1-5-11(8-6-7-9-12)10-13(2,3)4/h11H,5-10H2,1-4H3. The van der Waals surface area contributed by atoms with Crippen LogP contribution in [0, 0.1) is 5.92 Å². The molecular weight excluding hydrogens is 196 g/mol. The van der Waals surface area contributed by atoms with Crippen molar-refractivity contribution in [3.8, 4) is 0 Å². The highest BCUT2D eigenvalue weighted by atomic mass is 35.5. The molecule has 0 spiro atoms. The Balaban J connectivity index is 3.63. The minimum Gasteiger partial charge on any atom is -0.127 e. The summed E-state index contributed by atoms with van der Waals surface area (Å²) < 4.78 is 0. The zero-order chi connectivity index (χ0) is 10.3. The second-order valence-electron chi connectivity index (χ2n) is 5.22. The van der Waals surface area contributed by atoms with Gasteiger partial charge in [0.05, 0.1) is 0 Å². The summed E-state index contributed by atoms with van der Waals surface area (Å²) in [5.41, 5.74) is 0. The first-order valence-corrected chi connectivity index (χ1v) is 9.79. The van der Waals surface area contributed by atoms with Crippen LogP contribution in [0.25, 0.3) is 0 Å². The molecule has 0 radical (unpaired) electrons. The van der Waals surface area contributed by atoms with Crippen molar-refractivity contribution in [3.05, 3.63) is 0 Å². The van der Waals surface area contributed by atoms with Crippen molar-refractivity contribution >= 4 is 19.7 Å². The molecule has 0 aliphatic rings. The predicted molar refractivity (Wildman–Crippen MR) is 66.5 cm³/mol. The topological polar surface area (TPSA) is 0 Å². The molecule has 0 aliphatic carbocycles.